The van der Waals surface area contributed by atoms with Crippen LogP contribution in [0.3, 0.4) is 0 Å². The average molecular weight is 530 g/mol. The lowest BCUT2D eigenvalue weighted by Crippen LogP contribution is -2.23. The van der Waals surface area contributed by atoms with Crippen molar-refractivity contribution in [1.29, 1.82) is 0 Å². The highest BCUT2D eigenvalue weighted by Gasteiger charge is 2.32. The quantitative estimate of drug-likeness (QED) is 0.315. The van der Waals surface area contributed by atoms with Gasteiger partial charge in [-0.2, -0.15) is 10.2 Å². The topological polar surface area (TPSA) is 110 Å². The molecule has 0 fully saturated rings. The Balaban J connectivity index is 1.26. The van der Waals surface area contributed by atoms with E-state index < -0.39 is 0 Å². The smallest absolute Gasteiger partial charge is 0.259 e. The van der Waals surface area contributed by atoms with Gasteiger partial charge in [0.25, 0.3) is 5.91 Å². The van der Waals surface area contributed by atoms with E-state index in [1.165, 1.54) is 0 Å². The number of rotatable bonds is 5. The van der Waals surface area contributed by atoms with Gasteiger partial charge >= 0.3 is 0 Å². The molecule has 10 heteroatoms. The van der Waals surface area contributed by atoms with Crippen LogP contribution in [0.15, 0.2) is 67.3 Å². The molecule has 198 valence electrons. The van der Waals surface area contributed by atoms with Gasteiger partial charge in [-0.15, -0.1) is 0 Å². The number of carbonyl (C=O) groups excluding carboxylic acids is 1. The predicted octanol–water partition coefficient (Wildman–Crippen LogP) is 5.28. The van der Waals surface area contributed by atoms with Crippen LogP contribution in [0.4, 0.5) is 17.5 Å². The number of aromatic amines is 1. The van der Waals surface area contributed by atoms with Crippen molar-refractivity contribution in [2.24, 2.45) is 14.1 Å². The molecule has 0 saturated heterocycles. The zero-order chi connectivity index (χ0) is 27.5. The highest BCUT2D eigenvalue weighted by molar-refractivity contribution is 6.15. The molecule has 7 rings (SSSR count). The number of nitrogens with zero attached hydrogens (tertiary/aromatic N) is 7. The van der Waals surface area contributed by atoms with Gasteiger partial charge in [-0.3, -0.25) is 14.2 Å². The van der Waals surface area contributed by atoms with Gasteiger partial charge in [0.2, 0.25) is 5.95 Å². The fourth-order valence-electron chi connectivity index (χ4n) is 5.43. The second-order valence-electron chi connectivity index (χ2n) is 10.2. The molecule has 5 heterocycles. The summed E-state index contributed by atoms with van der Waals surface area (Å²) in [5.74, 6) is 1.14. The lowest BCUT2D eigenvalue weighted by molar-refractivity contribution is 0.0997. The maximum Gasteiger partial charge on any atom is 0.259 e. The van der Waals surface area contributed by atoms with Crippen LogP contribution >= 0.6 is 0 Å². The molecule has 2 aromatic carbocycles. The molecule has 0 unspecified atom stereocenters. The molecule has 0 atom stereocenters. The highest BCUT2D eigenvalue weighted by atomic mass is 16.2. The van der Waals surface area contributed by atoms with Crippen molar-refractivity contribution in [3.05, 3.63) is 89.6 Å². The van der Waals surface area contributed by atoms with Crippen LogP contribution in [0.1, 0.15) is 27.2 Å². The largest absolute Gasteiger partial charge is 0.359 e. The first-order chi connectivity index (χ1) is 19.4. The first-order valence-electron chi connectivity index (χ1n) is 13.0. The summed E-state index contributed by atoms with van der Waals surface area (Å²) in [6, 6.07) is 13.9. The van der Waals surface area contributed by atoms with E-state index in [0.717, 1.165) is 61.4 Å². The molecule has 0 radical (unpaired) electrons. The summed E-state index contributed by atoms with van der Waals surface area (Å²) < 4.78 is 3.58. The number of carbonyl (C=O) groups is 1. The van der Waals surface area contributed by atoms with Crippen molar-refractivity contribution >= 4 is 34.3 Å². The average Bonchev–Trinajstić information content (AvgIpc) is 3.72. The Bertz CT molecular complexity index is 1920. The normalized spacial score (nSPS) is 12.9. The van der Waals surface area contributed by atoms with E-state index in [-0.39, 0.29) is 5.91 Å². The number of hydrogen-bond acceptors (Lipinski definition) is 6. The summed E-state index contributed by atoms with van der Waals surface area (Å²) in [5, 5.41) is 13.0. The predicted molar refractivity (Wildman–Crippen MR) is 154 cm³/mol. The zero-order valence-corrected chi connectivity index (χ0v) is 22.6. The van der Waals surface area contributed by atoms with Crippen molar-refractivity contribution in [3.63, 3.8) is 0 Å². The molecule has 1 aliphatic heterocycles. The standard InChI is InChI=1S/C30H27N9O/c1-17-12-32-30(34-26-11-18(2)38(4)36-26)35-27(17)23-14-31-28-21(23)8-6-10-25(28)39-16-24-20(19-13-33-37(3)15-19)7-5-9-22(24)29(39)40/h5-15,31H,16H2,1-4H3,(H,32,34,35,36). The molecular formula is C30H27N9O. The minimum atomic E-state index is -0.0141. The van der Waals surface area contributed by atoms with E-state index in [4.69, 9.17) is 4.98 Å². The van der Waals surface area contributed by atoms with Crippen molar-refractivity contribution in [3.8, 4) is 22.4 Å². The van der Waals surface area contributed by atoms with Crippen LogP contribution in [-0.2, 0) is 20.6 Å². The number of nitrogens with one attached hydrogen (secondary N) is 2. The number of H-pyrrole nitrogens is 1. The maximum absolute atomic E-state index is 13.7. The first kappa shape index (κ1) is 23.8. The Labute approximate surface area is 230 Å². The molecule has 0 bridgehead atoms. The number of anilines is 3. The lowest BCUT2D eigenvalue weighted by Gasteiger charge is -2.17. The molecule has 1 amide bonds. The Morgan fingerprint density at radius 3 is 2.60 bits per heavy atom. The Morgan fingerprint density at radius 1 is 1.00 bits per heavy atom. The highest BCUT2D eigenvalue weighted by Crippen LogP contribution is 2.39. The van der Waals surface area contributed by atoms with E-state index in [0.29, 0.717) is 18.3 Å². The molecule has 10 nitrogen and oxygen atoms in total. The van der Waals surface area contributed by atoms with Gasteiger partial charge < -0.3 is 15.2 Å². The van der Waals surface area contributed by atoms with E-state index in [2.05, 4.69) is 37.6 Å². The van der Waals surface area contributed by atoms with Gasteiger partial charge in [-0.05, 0) is 42.7 Å². The second kappa shape index (κ2) is 8.91. The fourth-order valence-corrected chi connectivity index (χ4v) is 5.43. The number of fused-ring (bicyclic) bond motifs is 2. The number of para-hydroxylation sites is 1. The van der Waals surface area contributed by atoms with Crippen LogP contribution in [0.2, 0.25) is 0 Å². The van der Waals surface area contributed by atoms with Crippen molar-refractivity contribution in [2.75, 3.05) is 10.2 Å². The summed E-state index contributed by atoms with van der Waals surface area (Å²) in [6.07, 6.45) is 7.57. The first-order valence-corrected chi connectivity index (χ1v) is 13.0. The minimum Gasteiger partial charge on any atom is -0.359 e. The number of hydrogen-bond donors (Lipinski definition) is 2. The van der Waals surface area contributed by atoms with E-state index in [9.17, 15) is 4.79 Å². The third-order valence-corrected chi connectivity index (χ3v) is 7.55. The summed E-state index contributed by atoms with van der Waals surface area (Å²) in [5.41, 5.74) is 9.20. The molecule has 4 aromatic heterocycles. The SMILES string of the molecule is Cc1cnc(Nc2cc(C)n(C)n2)nc1-c1c[nH]c2c(N3Cc4c(cccc4-c4cnn(C)c4)C3=O)cccc12. The fraction of sp³-hybridized carbons (Fsp3) is 0.167. The second-order valence-corrected chi connectivity index (χ2v) is 10.2. The Kier molecular flexibility index (Phi) is 5.31. The number of aryl methyl sites for hydroxylation is 4. The van der Waals surface area contributed by atoms with Gasteiger partial charge in [0.05, 0.1) is 29.6 Å². The van der Waals surface area contributed by atoms with Crippen LogP contribution in [0.25, 0.3) is 33.3 Å². The molecular weight excluding hydrogens is 502 g/mol. The Morgan fingerprint density at radius 2 is 1.82 bits per heavy atom. The Hall–Kier alpha value is -5.25. The van der Waals surface area contributed by atoms with Crippen LogP contribution in [0.5, 0.6) is 0 Å². The van der Waals surface area contributed by atoms with Gasteiger partial charge in [-0.25, -0.2) is 9.97 Å². The van der Waals surface area contributed by atoms with Crippen LogP contribution in [-0.4, -0.2) is 40.4 Å². The van der Waals surface area contributed by atoms with E-state index in [1.54, 1.807) is 9.36 Å². The number of aromatic nitrogens is 7. The molecule has 6 aromatic rings. The molecule has 0 saturated carbocycles. The summed E-state index contributed by atoms with van der Waals surface area (Å²) in [7, 11) is 3.79. The molecule has 1 aliphatic rings. The minimum absolute atomic E-state index is 0.0141. The van der Waals surface area contributed by atoms with Crippen LogP contribution in [0, 0.1) is 13.8 Å². The van der Waals surface area contributed by atoms with Gasteiger partial charge in [0, 0.05) is 66.5 Å². The van der Waals surface area contributed by atoms with Crippen molar-refractivity contribution in [1.82, 2.24) is 34.5 Å². The third kappa shape index (κ3) is 3.76. The van der Waals surface area contributed by atoms with Crippen molar-refractivity contribution < 1.29 is 4.79 Å². The van der Waals surface area contributed by atoms with E-state index in [1.807, 2.05) is 88.0 Å². The van der Waals surface area contributed by atoms with E-state index >= 15 is 0 Å². The van der Waals surface area contributed by atoms with Gasteiger partial charge in [0.1, 0.15) is 0 Å². The monoisotopic (exact) mass is 529 g/mol. The van der Waals surface area contributed by atoms with Gasteiger partial charge in [0.15, 0.2) is 5.82 Å². The van der Waals surface area contributed by atoms with Crippen LogP contribution < -0.4 is 10.2 Å². The van der Waals surface area contributed by atoms with Crippen molar-refractivity contribution in [2.45, 2.75) is 20.4 Å². The molecule has 0 spiro atoms. The maximum atomic E-state index is 13.7. The lowest BCUT2D eigenvalue weighted by atomic mass is 9.99. The zero-order valence-electron chi connectivity index (χ0n) is 22.6. The summed E-state index contributed by atoms with van der Waals surface area (Å²) >= 11 is 0. The molecule has 2 N–H and O–H groups in total. The third-order valence-electron chi connectivity index (χ3n) is 7.55. The summed E-state index contributed by atoms with van der Waals surface area (Å²) in [6.45, 7) is 4.47. The molecule has 40 heavy (non-hydrogen) atoms. The number of amides is 1. The molecule has 0 aliphatic carbocycles. The van der Waals surface area contributed by atoms with Gasteiger partial charge in [-0.1, -0.05) is 24.3 Å². The number of benzene rings is 2. The summed E-state index contributed by atoms with van der Waals surface area (Å²) in [4.78, 5) is 28.2.